The van der Waals surface area contributed by atoms with Crippen molar-refractivity contribution in [2.75, 3.05) is 31.2 Å². The molecule has 0 aliphatic carbocycles. The Bertz CT molecular complexity index is 1700. The van der Waals surface area contributed by atoms with Crippen molar-refractivity contribution in [2.45, 2.75) is 45.6 Å². The summed E-state index contributed by atoms with van der Waals surface area (Å²) in [4.78, 5) is 38.5. The van der Waals surface area contributed by atoms with Crippen LogP contribution < -0.4 is 19.7 Å². The third kappa shape index (κ3) is 8.25. The fourth-order valence-corrected chi connectivity index (χ4v) is 5.47. The van der Waals surface area contributed by atoms with Gasteiger partial charge in [-0.15, -0.1) is 0 Å². The number of aromatic nitrogens is 2. The molecule has 0 unspecified atom stereocenters. The fourth-order valence-electron chi connectivity index (χ4n) is 5.31. The molecule has 4 aromatic rings. The van der Waals surface area contributed by atoms with Gasteiger partial charge in [0, 0.05) is 59.4 Å². The summed E-state index contributed by atoms with van der Waals surface area (Å²) in [5.74, 6) is 0.250. The van der Waals surface area contributed by atoms with Gasteiger partial charge in [-0.2, -0.15) is 5.10 Å². The van der Waals surface area contributed by atoms with E-state index >= 15 is 0 Å². The van der Waals surface area contributed by atoms with E-state index in [0.29, 0.717) is 74.9 Å². The minimum absolute atomic E-state index is 0.00665. The number of anilines is 1. The molecule has 46 heavy (non-hydrogen) atoms. The molecule has 5 rings (SSSR count). The molecule has 1 aliphatic rings. The summed E-state index contributed by atoms with van der Waals surface area (Å²) in [5.41, 5.74) is 4.70. The van der Waals surface area contributed by atoms with Crippen LogP contribution in [-0.2, 0) is 16.1 Å². The van der Waals surface area contributed by atoms with Crippen LogP contribution in [0, 0.1) is 6.92 Å². The van der Waals surface area contributed by atoms with E-state index in [1.165, 1.54) is 0 Å². The van der Waals surface area contributed by atoms with Crippen LogP contribution in [0.4, 0.5) is 5.69 Å². The standard InChI is InChI=1S/C35H37ClN4O6/c1-24-29(36)11-4-13-31(24)45-18-6-14-32(41)40-17-7-19-46-34-28(10-3-12-30(34)40)27-21-38-39(23-27)22-25-8-2-9-26(20-25)35(44)37-16-5-15-33(42)43/h2-4,8-13,20-21,23H,5-7,14-19,22H2,1H3,(H,37,44)(H,42,43). The first-order chi connectivity index (χ1) is 22.3. The molecule has 240 valence electrons. The summed E-state index contributed by atoms with van der Waals surface area (Å²) in [7, 11) is 0. The normalized spacial score (nSPS) is 12.5. The second-order valence-electron chi connectivity index (χ2n) is 11.1. The summed E-state index contributed by atoms with van der Waals surface area (Å²) in [6.45, 7) is 4.10. The average Bonchev–Trinajstić information content (AvgIpc) is 3.39. The molecule has 0 spiro atoms. The Labute approximate surface area is 272 Å². The topological polar surface area (TPSA) is 123 Å². The van der Waals surface area contributed by atoms with E-state index in [9.17, 15) is 14.4 Å². The number of rotatable bonds is 13. The highest BCUT2D eigenvalue weighted by Crippen LogP contribution is 2.40. The molecule has 3 aromatic carbocycles. The number of carboxylic acids is 1. The largest absolute Gasteiger partial charge is 0.493 e. The third-order valence-electron chi connectivity index (χ3n) is 7.70. The zero-order chi connectivity index (χ0) is 32.5. The molecule has 2 heterocycles. The van der Waals surface area contributed by atoms with Crippen molar-refractivity contribution in [1.29, 1.82) is 0 Å². The van der Waals surface area contributed by atoms with Crippen molar-refractivity contribution in [2.24, 2.45) is 0 Å². The quantitative estimate of drug-likeness (QED) is 0.168. The Morgan fingerprint density at radius 1 is 1.07 bits per heavy atom. The molecule has 0 saturated carbocycles. The van der Waals surface area contributed by atoms with Crippen LogP contribution in [0.25, 0.3) is 11.1 Å². The van der Waals surface area contributed by atoms with Gasteiger partial charge >= 0.3 is 5.97 Å². The van der Waals surface area contributed by atoms with Crippen LogP contribution in [0.15, 0.2) is 73.1 Å². The second kappa shape index (κ2) is 15.4. The molecule has 11 heteroatoms. The molecule has 0 fully saturated rings. The smallest absolute Gasteiger partial charge is 0.303 e. The van der Waals surface area contributed by atoms with Crippen molar-refractivity contribution in [3.05, 3.63) is 94.8 Å². The lowest BCUT2D eigenvalue weighted by Gasteiger charge is -2.23. The predicted octanol–water partition coefficient (Wildman–Crippen LogP) is 6.13. The van der Waals surface area contributed by atoms with Crippen LogP contribution in [0.3, 0.4) is 0 Å². The van der Waals surface area contributed by atoms with Crippen molar-refractivity contribution < 1.29 is 29.0 Å². The van der Waals surface area contributed by atoms with Crippen LogP contribution in [0.5, 0.6) is 11.5 Å². The lowest BCUT2D eigenvalue weighted by molar-refractivity contribution is -0.137. The van der Waals surface area contributed by atoms with Crippen LogP contribution in [0.2, 0.25) is 5.02 Å². The first-order valence-electron chi connectivity index (χ1n) is 15.4. The average molecular weight is 645 g/mol. The number of fused-ring (bicyclic) bond motifs is 1. The number of para-hydroxylation sites is 1. The molecular formula is C35H37ClN4O6. The van der Waals surface area contributed by atoms with E-state index in [2.05, 4.69) is 10.4 Å². The summed E-state index contributed by atoms with van der Waals surface area (Å²) in [6, 6.07) is 18.6. The number of benzene rings is 3. The first-order valence-corrected chi connectivity index (χ1v) is 15.7. The van der Waals surface area contributed by atoms with E-state index < -0.39 is 5.97 Å². The number of carboxylic acid groups (broad SMARTS) is 1. The van der Waals surface area contributed by atoms with Gasteiger partial charge in [-0.3, -0.25) is 19.1 Å². The molecule has 0 radical (unpaired) electrons. The molecular weight excluding hydrogens is 608 g/mol. The van der Waals surface area contributed by atoms with E-state index in [-0.39, 0.29) is 18.2 Å². The first kappa shape index (κ1) is 32.6. The fraction of sp³-hybridized carbons (Fsp3) is 0.314. The van der Waals surface area contributed by atoms with Gasteiger partial charge in [0.05, 0.1) is 31.6 Å². The van der Waals surface area contributed by atoms with Gasteiger partial charge in [0.15, 0.2) is 5.75 Å². The molecule has 2 amide bonds. The number of hydrogen-bond acceptors (Lipinski definition) is 6. The van der Waals surface area contributed by atoms with Crippen LogP contribution >= 0.6 is 11.6 Å². The Kier molecular flexibility index (Phi) is 10.9. The van der Waals surface area contributed by atoms with Gasteiger partial charge in [-0.25, -0.2) is 0 Å². The highest BCUT2D eigenvalue weighted by molar-refractivity contribution is 6.31. The van der Waals surface area contributed by atoms with Crippen LogP contribution in [-0.4, -0.2) is 59.0 Å². The second-order valence-corrected chi connectivity index (χ2v) is 11.5. The zero-order valence-corrected chi connectivity index (χ0v) is 26.5. The maximum Gasteiger partial charge on any atom is 0.303 e. The number of ether oxygens (including phenoxy) is 2. The van der Waals surface area contributed by atoms with Crippen molar-refractivity contribution in [3.8, 4) is 22.6 Å². The highest BCUT2D eigenvalue weighted by Gasteiger charge is 2.25. The van der Waals surface area contributed by atoms with Gasteiger partial charge in [0.2, 0.25) is 5.91 Å². The number of hydrogen-bond donors (Lipinski definition) is 2. The Morgan fingerprint density at radius 3 is 2.74 bits per heavy atom. The molecule has 10 nitrogen and oxygen atoms in total. The van der Waals surface area contributed by atoms with E-state index in [1.54, 1.807) is 27.9 Å². The lowest BCUT2D eigenvalue weighted by Crippen LogP contribution is -2.31. The summed E-state index contributed by atoms with van der Waals surface area (Å²) < 4.78 is 13.9. The van der Waals surface area contributed by atoms with Gasteiger partial charge in [-0.1, -0.05) is 41.9 Å². The minimum atomic E-state index is -0.888. The number of amides is 2. The van der Waals surface area contributed by atoms with Gasteiger partial charge in [0.25, 0.3) is 5.91 Å². The Balaban J connectivity index is 1.23. The van der Waals surface area contributed by atoms with E-state index in [0.717, 1.165) is 33.7 Å². The molecule has 1 aliphatic heterocycles. The number of nitrogens with one attached hydrogen (secondary N) is 1. The van der Waals surface area contributed by atoms with Gasteiger partial charge in [-0.05, 0) is 62.1 Å². The van der Waals surface area contributed by atoms with Gasteiger partial charge in [0.1, 0.15) is 5.75 Å². The summed E-state index contributed by atoms with van der Waals surface area (Å²) >= 11 is 6.19. The Morgan fingerprint density at radius 2 is 1.89 bits per heavy atom. The number of aliphatic carboxylic acids is 1. The Hall–Kier alpha value is -4.83. The van der Waals surface area contributed by atoms with E-state index in [4.69, 9.17) is 26.2 Å². The number of nitrogens with zero attached hydrogens (tertiary/aromatic N) is 3. The molecule has 0 bridgehead atoms. The zero-order valence-electron chi connectivity index (χ0n) is 25.7. The molecule has 0 saturated heterocycles. The SMILES string of the molecule is Cc1c(Cl)cccc1OCCCC(=O)N1CCCOc2c(-c3cnn(Cc4cccc(C(=O)NCCCC(=O)O)c4)c3)cccc21. The number of carbonyl (C=O) groups excluding carboxylic acids is 2. The third-order valence-corrected chi connectivity index (χ3v) is 8.11. The summed E-state index contributed by atoms with van der Waals surface area (Å²) in [5, 5.41) is 16.7. The highest BCUT2D eigenvalue weighted by atomic mass is 35.5. The molecule has 2 N–H and O–H groups in total. The number of carbonyl (C=O) groups is 3. The minimum Gasteiger partial charge on any atom is -0.493 e. The van der Waals surface area contributed by atoms with Gasteiger partial charge < -0.3 is 24.8 Å². The van der Waals surface area contributed by atoms with Crippen molar-refractivity contribution >= 4 is 35.1 Å². The molecule has 1 aromatic heterocycles. The van der Waals surface area contributed by atoms with Crippen molar-refractivity contribution in [1.82, 2.24) is 15.1 Å². The maximum absolute atomic E-state index is 13.4. The van der Waals surface area contributed by atoms with Crippen LogP contribution in [0.1, 0.15) is 53.6 Å². The number of halogens is 1. The molecule has 0 atom stereocenters. The summed E-state index contributed by atoms with van der Waals surface area (Å²) in [6.07, 6.45) is 5.68. The maximum atomic E-state index is 13.4. The lowest BCUT2D eigenvalue weighted by atomic mass is 10.1. The van der Waals surface area contributed by atoms with E-state index in [1.807, 2.05) is 61.7 Å². The predicted molar refractivity (Wildman–Crippen MR) is 176 cm³/mol. The monoisotopic (exact) mass is 644 g/mol. The van der Waals surface area contributed by atoms with Crippen molar-refractivity contribution in [3.63, 3.8) is 0 Å².